The average molecular weight is 348 g/mol. The first-order valence-corrected chi connectivity index (χ1v) is 9.26. The lowest BCUT2D eigenvalue weighted by atomic mass is 10.1. The molecule has 0 atom stereocenters. The normalized spacial score (nSPS) is 18.2. The van der Waals surface area contributed by atoms with Gasteiger partial charge >= 0.3 is 0 Å². The molecule has 0 bridgehead atoms. The Morgan fingerprint density at radius 2 is 1.81 bits per heavy atom. The van der Waals surface area contributed by atoms with Gasteiger partial charge in [-0.3, -0.25) is 0 Å². The van der Waals surface area contributed by atoms with Gasteiger partial charge in [-0.2, -0.15) is 5.26 Å². The fourth-order valence-electron chi connectivity index (χ4n) is 3.95. The molecule has 0 amide bonds. The number of hydrogen-bond donors (Lipinski definition) is 0. The molecule has 134 valence electrons. The molecular formula is C20H24N6. The maximum absolute atomic E-state index is 9.40. The third-order valence-corrected chi connectivity index (χ3v) is 5.33. The monoisotopic (exact) mass is 348 g/mol. The maximum atomic E-state index is 9.40. The summed E-state index contributed by atoms with van der Waals surface area (Å²) in [4.78, 5) is 16.2. The lowest BCUT2D eigenvalue weighted by molar-refractivity contribution is 0.309. The molecule has 6 nitrogen and oxygen atoms in total. The molecule has 0 unspecified atom stereocenters. The molecule has 0 radical (unpaired) electrons. The molecule has 26 heavy (non-hydrogen) atoms. The van der Waals surface area contributed by atoms with Gasteiger partial charge in [-0.05, 0) is 25.6 Å². The van der Waals surface area contributed by atoms with Crippen LogP contribution in [0.1, 0.15) is 23.2 Å². The Hall–Kier alpha value is -2.65. The first-order chi connectivity index (χ1) is 12.8. The largest absolute Gasteiger partial charge is 0.369 e. The highest BCUT2D eigenvalue weighted by molar-refractivity contribution is 5.60. The Morgan fingerprint density at radius 3 is 2.69 bits per heavy atom. The van der Waals surface area contributed by atoms with E-state index in [0.717, 1.165) is 69.2 Å². The lowest BCUT2D eigenvalue weighted by Gasteiger charge is -2.30. The van der Waals surface area contributed by atoms with E-state index < -0.39 is 0 Å². The molecule has 0 N–H and O–H groups in total. The van der Waals surface area contributed by atoms with Gasteiger partial charge in [0.25, 0.3) is 0 Å². The van der Waals surface area contributed by atoms with Crippen molar-refractivity contribution >= 4 is 11.5 Å². The number of aromatic nitrogens is 2. The van der Waals surface area contributed by atoms with Crippen LogP contribution in [0.2, 0.25) is 0 Å². The maximum Gasteiger partial charge on any atom is 0.136 e. The second-order valence-electron chi connectivity index (χ2n) is 7.07. The van der Waals surface area contributed by atoms with E-state index in [2.05, 4.69) is 43.9 Å². The minimum Gasteiger partial charge on any atom is -0.369 e. The number of likely N-dealkylation sites (N-methyl/N-ethyl adjacent to an activating group) is 1. The van der Waals surface area contributed by atoms with Gasteiger partial charge in [-0.25, -0.2) is 9.97 Å². The highest BCUT2D eigenvalue weighted by Gasteiger charge is 2.24. The van der Waals surface area contributed by atoms with Gasteiger partial charge < -0.3 is 14.7 Å². The SMILES string of the molecule is CN1CCc2ncnc(N3CCCN(c4ccccc4C#N)CC3)c2C1. The highest BCUT2D eigenvalue weighted by atomic mass is 15.3. The number of fused-ring (bicyclic) bond motifs is 1. The summed E-state index contributed by atoms with van der Waals surface area (Å²) in [5.41, 5.74) is 4.28. The number of para-hydroxylation sites is 1. The number of nitrogens with zero attached hydrogens (tertiary/aromatic N) is 6. The number of rotatable bonds is 2. The molecular weight excluding hydrogens is 324 g/mol. The molecule has 1 aromatic carbocycles. The zero-order valence-corrected chi connectivity index (χ0v) is 15.2. The zero-order chi connectivity index (χ0) is 17.9. The van der Waals surface area contributed by atoms with Gasteiger partial charge in [0.1, 0.15) is 18.2 Å². The molecule has 6 heteroatoms. The summed E-state index contributed by atoms with van der Waals surface area (Å²) in [6.07, 6.45) is 3.76. The van der Waals surface area contributed by atoms with Crippen molar-refractivity contribution in [1.29, 1.82) is 5.26 Å². The summed E-state index contributed by atoms with van der Waals surface area (Å²) in [6, 6.07) is 10.2. The van der Waals surface area contributed by atoms with E-state index in [1.165, 1.54) is 11.3 Å². The van der Waals surface area contributed by atoms with Crippen LogP contribution in [0.4, 0.5) is 11.5 Å². The molecule has 1 fully saturated rings. The number of benzene rings is 1. The quantitative estimate of drug-likeness (QED) is 0.828. The van der Waals surface area contributed by atoms with Crippen molar-refractivity contribution in [1.82, 2.24) is 14.9 Å². The summed E-state index contributed by atoms with van der Waals surface area (Å²) in [6.45, 7) is 5.73. The fourth-order valence-corrected chi connectivity index (χ4v) is 3.95. The Bertz CT molecular complexity index is 827. The minimum atomic E-state index is 0.752. The number of nitriles is 1. The van der Waals surface area contributed by atoms with Gasteiger partial charge in [0.2, 0.25) is 0 Å². The van der Waals surface area contributed by atoms with Crippen molar-refractivity contribution in [3.05, 3.63) is 47.4 Å². The van der Waals surface area contributed by atoms with Crippen molar-refractivity contribution in [3.8, 4) is 6.07 Å². The third-order valence-electron chi connectivity index (χ3n) is 5.33. The Balaban J connectivity index is 1.56. The summed E-state index contributed by atoms with van der Waals surface area (Å²) in [5, 5.41) is 9.40. The van der Waals surface area contributed by atoms with Crippen LogP contribution in [-0.4, -0.2) is 54.6 Å². The van der Waals surface area contributed by atoms with Crippen molar-refractivity contribution in [2.24, 2.45) is 0 Å². The molecule has 0 saturated carbocycles. The summed E-state index contributed by atoms with van der Waals surface area (Å²) >= 11 is 0. The van der Waals surface area contributed by atoms with E-state index in [-0.39, 0.29) is 0 Å². The topological polar surface area (TPSA) is 59.3 Å². The van der Waals surface area contributed by atoms with Crippen LogP contribution in [0.3, 0.4) is 0 Å². The van der Waals surface area contributed by atoms with Crippen molar-refractivity contribution < 1.29 is 0 Å². The van der Waals surface area contributed by atoms with Crippen LogP contribution in [-0.2, 0) is 13.0 Å². The van der Waals surface area contributed by atoms with E-state index in [1.54, 1.807) is 6.33 Å². The van der Waals surface area contributed by atoms with Crippen LogP contribution in [0.25, 0.3) is 0 Å². The predicted molar refractivity (Wildman–Crippen MR) is 102 cm³/mol. The Morgan fingerprint density at radius 1 is 1.00 bits per heavy atom. The Labute approximate surface area is 154 Å². The second kappa shape index (κ2) is 7.30. The average Bonchev–Trinajstić information content (AvgIpc) is 2.93. The van der Waals surface area contributed by atoms with Crippen molar-refractivity contribution in [2.45, 2.75) is 19.4 Å². The van der Waals surface area contributed by atoms with Crippen LogP contribution >= 0.6 is 0 Å². The first-order valence-electron chi connectivity index (χ1n) is 9.26. The van der Waals surface area contributed by atoms with Gasteiger partial charge in [-0.1, -0.05) is 12.1 Å². The molecule has 0 spiro atoms. The van der Waals surface area contributed by atoms with E-state index in [1.807, 2.05) is 18.2 Å². The van der Waals surface area contributed by atoms with E-state index >= 15 is 0 Å². The zero-order valence-electron chi connectivity index (χ0n) is 15.2. The van der Waals surface area contributed by atoms with Crippen LogP contribution in [0, 0.1) is 11.3 Å². The predicted octanol–water partition coefficient (Wildman–Crippen LogP) is 2.05. The molecule has 2 aliphatic rings. The Kier molecular flexibility index (Phi) is 4.72. The second-order valence-corrected chi connectivity index (χ2v) is 7.07. The van der Waals surface area contributed by atoms with Gasteiger partial charge in [0, 0.05) is 51.3 Å². The lowest BCUT2D eigenvalue weighted by Crippen LogP contribution is -2.34. The van der Waals surface area contributed by atoms with Crippen molar-refractivity contribution in [2.75, 3.05) is 49.6 Å². The van der Waals surface area contributed by atoms with Crippen molar-refractivity contribution in [3.63, 3.8) is 0 Å². The van der Waals surface area contributed by atoms with Gasteiger partial charge in [-0.15, -0.1) is 0 Å². The number of hydrogen-bond acceptors (Lipinski definition) is 6. The summed E-state index contributed by atoms with van der Waals surface area (Å²) in [7, 11) is 2.16. The molecule has 1 saturated heterocycles. The minimum absolute atomic E-state index is 0.752. The standard InChI is InChI=1S/C20H24N6/c1-24-10-7-18-17(14-24)20(23-15-22-18)26-9-4-8-25(11-12-26)19-6-3-2-5-16(19)13-21/h2-3,5-6,15H,4,7-12,14H2,1H3. The van der Waals surface area contributed by atoms with E-state index in [9.17, 15) is 5.26 Å². The third kappa shape index (κ3) is 3.23. The molecule has 2 aliphatic heterocycles. The van der Waals surface area contributed by atoms with Gasteiger partial charge in [0.15, 0.2) is 0 Å². The summed E-state index contributed by atoms with van der Waals surface area (Å²) in [5.74, 6) is 1.09. The van der Waals surface area contributed by atoms with E-state index in [0.29, 0.717) is 0 Å². The highest BCUT2D eigenvalue weighted by Crippen LogP contribution is 2.27. The van der Waals surface area contributed by atoms with Crippen LogP contribution in [0.5, 0.6) is 0 Å². The fraction of sp³-hybridized carbons (Fsp3) is 0.450. The molecule has 0 aliphatic carbocycles. The summed E-state index contributed by atoms with van der Waals surface area (Å²) < 4.78 is 0. The van der Waals surface area contributed by atoms with Crippen LogP contribution in [0.15, 0.2) is 30.6 Å². The molecule has 2 aromatic rings. The molecule has 4 rings (SSSR count). The van der Waals surface area contributed by atoms with Crippen LogP contribution < -0.4 is 9.80 Å². The van der Waals surface area contributed by atoms with Gasteiger partial charge in [0.05, 0.1) is 16.9 Å². The smallest absolute Gasteiger partial charge is 0.136 e. The molecule has 1 aromatic heterocycles. The first kappa shape index (κ1) is 16.8. The van der Waals surface area contributed by atoms with E-state index in [4.69, 9.17) is 0 Å². The molecule has 3 heterocycles. The number of anilines is 2.